The molecule has 16 atom stereocenters. The molecular formula is C26H38O11. The lowest BCUT2D eigenvalue weighted by Crippen LogP contribution is -2.74. The number of aliphatic hydroxyl groups excluding tert-OH is 7. The molecule has 2 aliphatic heterocycles. The third kappa shape index (κ3) is 3.12. The highest BCUT2D eigenvalue weighted by Gasteiger charge is 2.80. The van der Waals surface area contributed by atoms with Crippen molar-refractivity contribution in [1.82, 2.24) is 0 Å². The number of carbonyl (C=O) groups excluding carboxylic acids is 1. The smallest absolute Gasteiger partial charge is 0.312 e. The van der Waals surface area contributed by atoms with Crippen LogP contribution in [-0.4, -0.2) is 110 Å². The first kappa shape index (κ1) is 26.1. The van der Waals surface area contributed by atoms with Gasteiger partial charge in [-0.1, -0.05) is 19.1 Å². The molecule has 2 saturated heterocycles. The van der Waals surface area contributed by atoms with E-state index in [1.54, 1.807) is 6.92 Å². The molecule has 4 saturated carbocycles. The summed E-state index contributed by atoms with van der Waals surface area (Å²) in [7, 11) is 0. The maximum atomic E-state index is 13.4. The van der Waals surface area contributed by atoms with E-state index in [1.807, 2.05) is 6.92 Å². The third-order valence-corrected chi connectivity index (χ3v) is 10.9. The first-order valence-corrected chi connectivity index (χ1v) is 13.2. The molecule has 6 aliphatic rings. The zero-order valence-corrected chi connectivity index (χ0v) is 21.0. The Morgan fingerprint density at radius 3 is 2.41 bits per heavy atom. The molecule has 0 aromatic rings. The Bertz CT molecular complexity index is 988. The van der Waals surface area contributed by atoms with Gasteiger partial charge in [-0.3, -0.25) is 4.79 Å². The van der Waals surface area contributed by atoms with Gasteiger partial charge in [0.1, 0.15) is 36.6 Å². The fraction of sp³-hybridized carbons (Fsp3) is 0.885. The topological polar surface area (TPSA) is 186 Å². The van der Waals surface area contributed by atoms with Crippen molar-refractivity contribution >= 4 is 5.97 Å². The van der Waals surface area contributed by atoms with Crippen molar-refractivity contribution in [3.8, 4) is 0 Å². The molecule has 4 aliphatic carbocycles. The van der Waals surface area contributed by atoms with E-state index in [-0.39, 0.29) is 19.3 Å². The summed E-state index contributed by atoms with van der Waals surface area (Å²) in [6.07, 6.45) is -11.3. The minimum absolute atomic E-state index is 0.184. The molecule has 208 valence electrons. The number of hydrogen-bond acceptors (Lipinski definition) is 11. The number of aliphatic hydroxyl groups is 7. The molecule has 0 radical (unpaired) electrons. The molecule has 0 amide bonds. The van der Waals surface area contributed by atoms with E-state index in [0.717, 1.165) is 5.57 Å². The van der Waals surface area contributed by atoms with Gasteiger partial charge in [-0.15, -0.1) is 0 Å². The van der Waals surface area contributed by atoms with Crippen molar-refractivity contribution in [3.05, 3.63) is 12.2 Å². The van der Waals surface area contributed by atoms with Gasteiger partial charge in [0.05, 0.1) is 30.3 Å². The summed E-state index contributed by atoms with van der Waals surface area (Å²) >= 11 is 0. The maximum absolute atomic E-state index is 13.4. The van der Waals surface area contributed by atoms with Crippen molar-refractivity contribution in [2.24, 2.45) is 34.0 Å². The Morgan fingerprint density at radius 1 is 1.03 bits per heavy atom. The molecule has 0 aromatic heterocycles. The Morgan fingerprint density at radius 2 is 1.73 bits per heavy atom. The van der Waals surface area contributed by atoms with Gasteiger partial charge in [0.15, 0.2) is 6.29 Å². The van der Waals surface area contributed by atoms with Gasteiger partial charge in [0, 0.05) is 23.2 Å². The third-order valence-electron chi connectivity index (χ3n) is 10.9. The number of fused-ring (bicyclic) bond motifs is 2. The van der Waals surface area contributed by atoms with Crippen LogP contribution in [-0.2, 0) is 19.0 Å². The summed E-state index contributed by atoms with van der Waals surface area (Å²) in [5.74, 6) is -1.99. The molecule has 7 N–H and O–H groups in total. The Hall–Kier alpha value is -1.15. The quantitative estimate of drug-likeness (QED) is 0.125. The zero-order chi connectivity index (χ0) is 26.8. The van der Waals surface area contributed by atoms with Crippen molar-refractivity contribution in [3.63, 3.8) is 0 Å². The molecule has 11 nitrogen and oxygen atoms in total. The Kier molecular flexibility index (Phi) is 5.77. The van der Waals surface area contributed by atoms with Crippen molar-refractivity contribution < 1.29 is 54.8 Å². The Balaban J connectivity index is 1.50. The first-order valence-electron chi connectivity index (χ1n) is 13.2. The number of rotatable bonds is 3. The van der Waals surface area contributed by atoms with Crippen LogP contribution in [0.3, 0.4) is 0 Å². The number of carbonyl (C=O) groups is 1. The van der Waals surface area contributed by atoms with Crippen LogP contribution in [0.15, 0.2) is 12.2 Å². The van der Waals surface area contributed by atoms with E-state index in [2.05, 4.69) is 6.58 Å². The van der Waals surface area contributed by atoms with Crippen molar-refractivity contribution in [1.29, 1.82) is 0 Å². The maximum Gasteiger partial charge on any atom is 0.312 e. The van der Waals surface area contributed by atoms with Crippen molar-refractivity contribution in [2.45, 2.75) is 101 Å². The second-order valence-corrected chi connectivity index (χ2v) is 12.9. The zero-order valence-electron chi connectivity index (χ0n) is 21.0. The van der Waals surface area contributed by atoms with Gasteiger partial charge in [-0.2, -0.15) is 0 Å². The molecule has 0 unspecified atom stereocenters. The highest BCUT2D eigenvalue weighted by Crippen LogP contribution is 2.74. The average molecular weight is 527 g/mol. The normalized spacial score (nSPS) is 60.6. The summed E-state index contributed by atoms with van der Waals surface area (Å²) in [6.45, 7) is 7.23. The lowest BCUT2D eigenvalue weighted by molar-refractivity contribution is -0.358. The number of ether oxygens (including phenoxy) is 3. The van der Waals surface area contributed by atoms with Gasteiger partial charge in [0.25, 0.3) is 0 Å². The fourth-order valence-corrected chi connectivity index (χ4v) is 9.79. The van der Waals surface area contributed by atoms with Gasteiger partial charge < -0.3 is 50.0 Å². The summed E-state index contributed by atoms with van der Waals surface area (Å²) < 4.78 is 18.1. The summed E-state index contributed by atoms with van der Waals surface area (Å²) in [5.41, 5.74) is -2.31. The monoisotopic (exact) mass is 526 g/mol. The summed E-state index contributed by atoms with van der Waals surface area (Å²) in [4.78, 5) is 13.4. The molecule has 2 bridgehead atoms. The lowest BCUT2D eigenvalue weighted by atomic mass is 9.39. The molecule has 37 heavy (non-hydrogen) atoms. The minimum atomic E-state index is -1.69. The van der Waals surface area contributed by atoms with Crippen LogP contribution in [0.25, 0.3) is 0 Å². The van der Waals surface area contributed by atoms with Gasteiger partial charge in [-0.25, -0.2) is 0 Å². The first-order chi connectivity index (χ1) is 17.3. The van der Waals surface area contributed by atoms with E-state index < -0.39 is 108 Å². The van der Waals surface area contributed by atoms with E-state index in [0.29, 0.717) is 6.42 Å². The molecule has 11 heteroatoms. The SMILES string of the molecule is C=C1C[C@]23[C@H](O)[C@H]1C[C@@H](O)[C@H]2[C@]1(C)C[C@H](O)C[C@@]2(C)C(=O)O[C@@H]([C@@H]3O[C@@H]3O[C@H](CO)[C@@H](O)[C@H](O)[C@H]3O)[C@@H]12. The van der Waals surface area contributed by atoms with E-state index >= 15 is 0 Å². The van der Waals surface area contributed by atoms with Crippen LogP contribution in [0.4, 0.5) is 0 Å². The van der Waals surface area contributed by atoms with Crippen LogP contribution in [0.2, 0.25) is 0 Å². The lowest BCUT2D eigenvalue weighted by Gasteiger charge is -2.67. The summed E-state index contributed by atoms with van der Waals surface area (Å²) in [6, 6.07) is 0. The van der Waals surface area contributed by atoms with Crippen LogP contribution >= 0.6 is 0 Å². The van der Waals surface area contributed by atoms with E-state index in [4.69, 9.17) is 14.2 Å². The highest BCUT2D eigenvalue weighted by molar-refractivity contribution is 5.80. The van der Waals surface area contributed by atoms with E-state index in [9.17, 15) is 40.5 Å². The fourth-order valence-electron chi connectivity index (χ4n) is 9.79. The second kappa shape index (κ2) is 8.18. The van der Waals surface area contributed by atoms with Gasteiger partial charge in [0.2, 0.25) is 0 Å². The van der Waals surface area contributed by atoms with Crippen LogP contribution in [0.1, 0.15) is 39.5 Å². The molecule has 0 aromatic carbocycles. The average Bonchev–Trinajstić information content (AvgIpc) is 3.15. The van der Waals surface area contributed by atoms with Crippen LogP contribution in [0.5, 0.6) is 0 Å². The van der Waals surface area contributed by atoms with E-state index in [1.165, 1.54) is 0 Å². The predicted octanol–water partition coefficient (Wildman–Crippen LogP) is -1.80. The largest absolute Gasteiger partial charge is 0.459 e. The molecular weight excluding hydrogens is 488 g/mol. The predicted molar refractivity (Wildman–Crippen MR) is 123 cm³/mol. The minimum Gasteiger partial charge on any atom is -0.459 e. The van der Waals surface area contributed by atoms with Crippen molar-refractivity contribution in [2.75, 3.05) is 6.61 Å². The molecule has 6 rings (SSSR count). The molecule has 1 spiro atoms. The van der Waals surface area contributed by atoms with Crippen LogP contribution < -0.4 is 0 Å². The second-order valence-electron chi connectivity index (χ2n) is 12.9. The highest BCUT2D eigenvalue weighted by atomic mass is 16.7. The van der Waals surface area contributed by atoms with Gasteiger partial charge in [-0.05, 0) is 38.0 Å². The number of hydrogen-bond donors (Lipinski definition) is 7. The van der Waals surface area contributed by atoms with Gasteiger partial charge >= 0.3 is 5.97 Å². The molecule has 2 heterocycles. The standard InChI is InChI=1S/C26H38O11/c1-9-5-26-18(12(29)4-11(9)20(26)33)24(2)6-10(28)7-25(3)19(24)17(36-23(25)34)21(26)37-22-16(32)15(31)14(30)13(8-27)35-22/h10-22,27-33H,1,4-8H2,2-3H3/t10-,11-,12+,13+,14+,15-,16+,17+,18-,19-,20+,21-,22-,24-,25+,26+/m0/s1. The van der Waals surface area contributed by atoms with Crippen LogP contribution in [0, 0.1) is 34.0 Å². The Labute approximate surface area is 214 Å². The molecule has 6 fully saturated rings. The number of esters is 1. The summed E-state index contributed by atoms with van der Waals surface area (Å²) in [5, 5.41) is 75.3.